The van der Waals surface area contributed by atoms with Gasteiger partial charge in [-0.1, -0.05) is 0 Å². The van der Waals surface area contributed by atoms with Crippen LogP contribution in [0, 0.1) is 5.41 Å². The van der Waals surface area contributed by atoms with E-state index in [0.29, 0.717) is 52.4 Å². The van der Waals surface area contributed by atoms with Crippen molar-refractivity contribution in [2.24, 2.45) is 0 Å². The van der Waals surface area contributed by atoms with Gasteiger partial charge in [-0.3, -0.25) is 14.8 Å². The minimum atomic E-state index is -2.94. The maximum Gasteiger partial charge on any atom is 0.387 e. The number of benzene rings is 1. The zero-order valence-corrected chi connectivity index (χ0v) is 18.1. The number of nitrogens with zero attached hydrogens (tertiary/aromatic N) is 3. The lowest BCUT2D eigenvalue weighted by atomic mass is 10.1. The Kier molecular flexibility index (Phi) is 6.21. The molecule has 0 bridgehead atoms. The fraction of sp³-hybridized carbons (Fsp3) is 0.208. The molecule has 0 aliphatic heterocycles. The molecule has 0 saturated heterocycles. The lowest BCUT2D eigenvalue weighted by Gasteiger charge is -2.15. The third-order valence-electron chi connectivity index (χ3n) is 5.11. The van der Waals surface area contributed by atoms with Gasteiger partial charge in [0.15, 0.2) is 5.65 Å². The van der Waals surface area contributed by atoms with Gasteiger partial charge in [0.2, 0.25) is 5.88 Å². The average Bonchev–Trinajstić information content (AvgIpc) is 2.80. The predicted octanol–water partition coefficient (Wildman–Crippen LogP) is 4.35. The second kappa shape index (κ2) is 9.23. The number of alkyl halides is 2. The molecule has 0 radical (unpaired) electrons. The Morgan fingerprint density at radius 1 is 1.06 bits per heavy atom. The van der Waals surface area contributed by atoms with E-state index in [2.05, 4.69) is 9.72 Å². The highest BCUT2D eigenvalue weighted by Crippen LogP contribution is 2.25. The van der Waals surface area contributed by atoms with Crippen molar-refractivity contribution in [3.05, 3.63) is 76.6 Å². The van der Waals surface area contributed by atoms with E-state index in [4.69, 9.17) is 10.1 Å². The van der Waals surface area contributed by atoms with Gasteiger partial charge in [-0.25, -0.2) is 0 Å². The summed E-state index contributed by atoms with van der Waals surface area (Å²) in [4.78, 5) is 18.2. The normalized spacial score (nSPS) is 11.2. The highest BCUT2D eigenvalue weighted by Gasteiger charge is 2.16. The lowest BCUT2D eigenvalue weighted by Crippen LogP contribution is -2.23. The van der Waals surface area contributed by atoms with Crippen LogP contribution >= 0.6 is 0 Å². The van der Waals surface area contributed by atoms with Gasteiger partial charge in [0, 0.05) is 35.3 Å². The first-order valence-corrected chi connectivity index (χ1v) is 10.4. The number of fused-ring (bicyclic) bond motifs is 1. The summed E-state index contributed by atoms with van der Waals surface area (Å²) >= 11 is 0. The van der Waals surface area contributed by atoms with Gasteiger partial charge in [0.25, 0.3) is 5.56 Å². The second-order valence-corrected chi connectivity index (χ2v) is 7.16. The Labute approximate surface area is 188 Å². The molecule has 1 aromatic carbocycles. The molecule has 0 fully saturated rings. The quantitative estimate of drug-likeness (QED) is 0.452. The molecular formula is C24H22F2N4O3. The van der Waals surface area contributed by atoms with Crippen LogP contribution in [0.2, 0.25) is 0 Å². The van der Waals surface area contributed by atoms with E-state index < -0.39 is 6.61 Å². The Hall–Kier alpha value is -4.01. The van der Waals surface area contributed by atoms with Gasteiger partial charge in [-0.2, -0.15) is 13.8 Å². The molecule has 4 aromatic rings. The molecule has 3 heterocycles. The van der Waals surface area contributed by atoms with E-state index in [1.807, 2.05) is 19.9 Å². The number of hydrogen-bond acceptors (Lipinski definition) is 5. The van der Waals surface area contributed by atoms with Gasteiger partial charge in [-0.05, 0) is 62.4 Å². The molecule has 0 atom stereocenters. The molecule has 0 unspecified atom stereocenters. The van der Waals surface area contributed by atoms with E-state index >= 15 is 0 Å². The van der Waals surface area contributed by atoms with Gasteiger partial charge in [0.05, 0.1) is 12.3 Å². The SMILES string of the molecule is CCOc1ccc2cc(-c3ccc(=N)n(CC)c3)c(=O)n(-c3ccc(OC(F)F)cc3)c2n1. The Bertz CT molecular complexity index is 1410. The molecule has 0 saturated carbocycles. The number of halogens is 2. The number of ether oxygens (including phenoxy) is 2. The summed E-state index contributed by atoms with van der Waals surface area (Å²) in [5, 5.41) is 8.71. The van der Waals surface area contributed by atoms with Crippen molar-refractivity contribution in [1.29, 1.82) is 5.41 Å². The van der Waals surface area contributed by atoms with Crippen LogP contribution in [0.3, 0.4) is 0 Å². The van der Waals surface area contributed by atoms with Crippen LogP contribution in [-0.4, -0.2) is 27.3 Å². The summed E-state index contributed by atoms with van der Waals surface area (Å²) < 4.78 is 38.2. The molecule has 170 valence electrons. The largest absolute Gasteiger partial charge is 0.478 e. The molecule has 7 nitrogen and oxygen atoms in total. The average molecular weight is 452 g/mol. The number of pyridine rings is 3. The topological polar surface area (TPSA) is 82.1 Å². The van der Waals surface area contributed by atoms with E-state index in [-0.39, 0.29) is 11.3 Å². The van der Waals surface area contributed by atoms with Crippen LogP contribution in [0.5, 0.6) is 11.6 Å². The molecule has 4 rings (SSSR count). The van der Waals surface area contributed by atoms with Crippen molar-refractivity contribution in [2.75, 3.05) is 6.61 Å². The third-order valence-corrected chi connectivity index (χ3v) is 5.11. The smallest absolute Gasteiger partial charge is 0.387 e. The predicted molar refractivity (Wildman–Crippen MR) is 120 cm³/mol. The van der Waals surface area contributed by atoms with Crippen molar-refractivity contribution in [3.8, 4) is 28.4 Å². The van der Waals surface area contributed by atoms with Crippen molar-refractivity contribution < 1.29 is 18.3 Å². The van der Waals surface area contributed by atoms with Crippen molar-refractivity contribution >= 4 is 11.0 Å². The van der Waals surface area contributed by atoms with Gasteiger partial charge >= 0.3 is 6.61 Å². The van der Waals surface area contributed by atoms with E-state index in [1.54, 1.807) is 35.0 Å². The zero-order valence-electron chi connectivity index (χ0n) is 18.1. The first-order chi connectivity index (χ1) is 15.9. The van der Waals surface area contributed by atoms with Crippen LogP contribution < -0.4 is 20.5 Å². The highest BCUT2D eigenvalue weighted by atomic mass is 19.3. The molecule has 1 N–H and O–H groups in total. The van der Waals surface area contributed by atoms with Crippen LogP contribution in [-0.2, 0) is 6.54 Å². The maximum atomic E-state index is 13.7. The summed E-state index contributed by atoms with van der Waals surface area (Å²) in [5.74, 6) is 0.353. The molecule has 0 aliphatic rings. The minimum absolute atomic E-state index is 0.0137. The van der Waals surface area contributed by atoms with Gasteiger partial charge in [-0.15, -0.1) is 0 Å². The van der Waals surface area contributed by atoms with Crippen molar-refractivity contribution in [2.45, 2.75) is 27.0 Å². The van der Waals surface area contributed by atoms with Crippen LogP contribution in [0.15, 0.2) is 65.6 Å². The molecule has 0 amide bonds. The first-order valence-electron chi connectivity index (χ1n) is 10.4. The first kappa shape index (κ1) is 22.2. The summed E-state index contributed by atoms with van der Waals surface area (Å²) in [5.41, 5.74) is 1.88. The zero-order chi connectivity index (χ0) is 23.5. The summed E-state index contributed by atoms with van der Waals surface area (Å²) in [6.45, 7) is 1.81. The van der Waals surface area contributed by atoms with E-state index in [0.717, 1.165) is 0 Å². The number of aryl methyl sites for hydroxylation is 1. The molecule has 3 aromatic heterocycles. The Morgan fingerprint density at radius 2 is 1.82 bits per heavy atom. The number of hydrogen-bond donors (Lipinski definition) is 1. The summed E-state index contributed by atoms with van der Waals surface area (Å²) in [6, 6.07) is 14.5. The monoisotopic (exact) mass is 452 g/mol. The number of rotatable bonds is 7. The lowest BCUT2D eigenvalue weighted by molar-refractivity contribution is -0.0498. The minimum Gasteiger partial charge on any atom is -0.478 e. The van der Waals surface area contributed by atoms with Crippen LogP contribution in [0.25, 0.3) is 27.8 Å². The maximum absolute atomic E-state index is 13.7. The second-order valence-electron chi connectivity index (χ2n) is 7.16. The van der Waals surface area contributed by atoms with Crippen molar-refractivity contribution in [3.63, 3.8) is 0 Å². The van der Waals surface area contributed by atoms with Crippen LogP contribution in [0.4, 0.5) is 8.78 Å². The number of aromatic nitrogens is 3. The van der Waals surface area contributed by atoms with Crippen LogP contribution in [0.1, 0.15) is 13.8 Å². The Morgan fingerprint density at radius 3 is 2.48 bits per heavy atom. The number of nitrogens with one attached hydrogen (secondary N) is 1. The highest BCUT2D eigenvalue weighted by molar-refractivity contribution is 5.83. The molecule has 33 heavy (non-hydrogen) atoms. The van der Waals surface area contributed by atoms with Gasteiger partial charge in [0.1, 0.15) is 11.2 Å². The molecule has 0 aliphatic carbocycles. The fourth-order valence-electron chi connectivity index (χ4n) is 3.58. The summed E-state index contributed by atoms with van der Waals surface area (Å²) in [7, 11) is 0. The molecule has 9 heteroatoms. The van der Waals surface area contributed by atoms with Crippen molar-refractivity contribution in [1.82, 2.24) is 14.1 Å². The van der Waals surface area contributed by atoms with E-state index in [1.165, 1.54) is 28.8 Å². The third kappa shape index (κ3) is 4.48. The fourth-order valence-corrected chi connectivity index (χ4v) is 3.58. The van der Waals surface area contributed by atoms with Gasteiger partial charge < -0.3 is 14.0 Å². The molecule has 0 spiro atoms. The standard InChI is InChI=1S/C24H22F2N4O3/c1-3-29-14-16(5-11-20(29)27)19-13-15-6-12-21(32-4-2)28-22(15)30(23(19)31)17-7-9-18(10-8-17)33-24(25)26/h5-14,24,27H,3-4H2,1-2H3. The van der Waals surface area contributed by atoms with E-state index in [9.17, 15) is 13.6 Å². The Balaban J connectivity index is 1.97. The summed E-state index contributed by atoms with van der Waals surface area (Å²) in [6.07, 6.45) is 1.76. The molecular weight excluding hydrogens is 430 g/mol.